The maximum atomic E-state index is 13.6. The largest absolute Gasteiger partial charge is 0.309 e. The van der Waals surface area contributed by atoms with Gasteiger partial charge in [0.1, 0.15) is 11.6 Å². The Labute approximate surface area is 109 Å². The van der Waals surface area contributed by atoms with Crippen LogP contribution in [-0.2, 0) is 6.42 Å². The first-order valence-corrected chi connectivity index (χ1v) is 6.70. The lowest BCUT2D eigenvalue weighted by atomic mass is 10.0. The lowest BCUT2D eigenvalue weighted by Gasteiger charge is -2.16. The molecule has 0 aliphatic rings. The van der Waals surface area contributed by atoms with Crippen LogP contribution in [0.3, 0.4) is 0 Å². The summed E-state index contributed by atoms with van der Waals surface area (Å²) in [7, 11) is 0. The van der Waals surface area contributed by atoms with Gasteiger partial charge in [-0.2, -0.15) is 0 Å². The van der Waals surface area contributed by atoms with E-state index >= 15 is 0 Å². The highest BCUT2D eigenvalue weighted by molar-refractivity contribution is 7.07. The van der Waals surface area contributed by atoms with Crippen molar-refractivity contribution in [3.63, 3.8) is 0 Å². The standard InChI is InChI=1S/C13H14F2N2S/c1-2-16-12(13-7-18-8-17-13)6-9-5-10(14)3-4-11(9)15/h3-5,7-8,12,16H,2,6H2,1H3. The van der Waals surface area contributed by atoms with E-state index in [4.69, 9.17) is 0 Å². The predicted octanol–water partition coefficient (Wildman–Crippen LogP) is 3.31. The van der Waals surface area contributed by atoms with Crippen LogP contribution in [-0.4, -0.2) is 11.5 Å². The zero-order valence-corrected chi connectivity index (χ0v) is 10.8. The topological polar surface area (TPSA) is 24.9 Å². The zero-order valence-electron chi connectivity index (χ0n) is 9.99. The van der Waals surface area contributed by atoms with E-state index in [1.807, 2.05) is 12.3 Å². The number of likely N-dealkylation sites (N-methyl/N-ethyl adjacent to an activating group) is 1. The van der Waals surface area contributed by atoms with Crippen LogP contribution in [0.4, 0.5) is 8.78 Å². The maximum absolute atomic E-state index is 13.6. The molecule has 0 amide bonds. The number of thiazole rings is 1. The fourth-order valence-electron chi connectivity index (χ4n) is 1.84. The third-order valence-electron chi connectivity index (χ3n) is 2.69. The molecule has 18 heavy (non-hydrogen) atoms. The summed E-state index contributed by atoms with van der Waals surface area (Å²) in [6.07, 6.45) is 0.390. The maximum Gasteiger partial charge on any atom is 0.126 e. The average Bonchev–Trinajstić information content (AvgIpc) is 2.87. The summed E-state index contributed by atoms with van der Waals surface area (Å²) >= 11 is 1.49. The molecule has 1 atom stereocenters. The zero-order chi connectivity index (χ0) is 13.0. The fourth-order valence-corrected chi connectivity index (χ4v) is 2.45. The second-order valence-electron chi connectivity index (χ2n) is 3.96. The minimum absolute atomic E-state index is 0.0856. The molecule has 0 saturated carbocycles. The Balaban J connectivity index is 2.21. The molecule has 5 heteroatoms. The van der Waals surface area contributed by atoms with Crippen molar-refractivity contribution >= 4 is 11.3 Å². The molecule has 1 heterocycles. The molecule has 0 aliphatic heterocycles. The Kier molecular flexibility index (Phi) is 4.38. The molecular formula is C13H14F2N2S. The first kappa shape index (κ1) is 13.1. The van der Waals surface area contributed by atoms with Gasteiger partial charge in [-0.25, -0.2) is 13.8 Å². The molecule has 1 aromatic carbocycles. The summed E-state index contributed by atoms with van der Waals surface area (Å²) < 4.78 is 26.7. The monoisotopic (exact) mass is 268 g/mol. The number of hydrogen-bond donors (Lipinski definition) is 1. The van der Waals surface area contributed by atoms with Gasteiger partial charge in [0, 0.05) is 5.38 Å². The molecule has 1 N–H and O–H groups in total. The lowest BCUT2D eigenvalue weighted by molar-refractivity contribution is 0.514. The summed E-state index contributed by atoms with van der Waals surface area (Å²) in [5, 5.41) is 5.16. The summed E-state index contributed by atoms with van der Waals surface area (Å²) in [4.78, 5) is 4.22. The molecule has 0 aliphatic carbocycles. The molecule has 0 fully saturated rings. The minimum Gasteiger partial charge on any atom is -0.309 e. The summed E-state index contributed by atoms with van der Waals surface area (Å²) in [5.74, 6) is -0.797. The number of halogens is 2. The fraction of sp³-hybridized carbons (Fsp3) is 0.308. The van der Waals surface area contributed by atoms with Crippen LogP contribution in [0.1, 0.15) is 24.2 Å². The smallest absolute Gasteiger partial charge is 0.126 e. The normalized spacial score (nSPS) is 12.6. The van der Waals surface area contributed by atoms with E-state index in [1.54, 1.807) is 5.51 Å². The molecule has 0 spiro atoms. The van der Waals surface area contributed by atoms with E-state index in [-0.39, 0.29) is 11.9 Å². The lowest BCUT2D eigenvalue weighted by Crippen LogP contribution is -2.23. The Morgan fingerprint density at radius 3 is 2.89 bits per heavy atom. The van der Waals surface area contributed by atoms with Crippen molar-refractivity contribution < 1.29 is 8.78 Å². The first-order chi connectivity index (χ1) is 8.70. The third-order valence-corrected chi connectivity index (χ3v) is 3.30. The van der Waals surface area contributed by atoms with E-state index in [0.29, 0.717) is 12.0 Å². The second kappa shape index (κ2) is 6.02. The van der Waals surface area contributed by atoms with E-state index in [9.17, 15) is 8.78 Å². The Morgan fingerprint density at radius 2 is 2.22 bits per heavy atom. The van der Waals surface area contributed by atoms with Gasteiger partial charge in [0.15, 0.2) is 0 Å². The van der Waals surface area contributed by atoms with E-state index in [0.717, 1.165) is 24.4 Å². The molecule has 96 valence electrons. The number of benzene rings is 1. The average molecular weight is 268 g/mol. The van der Waals surface area contributed by atoms with Crippen molar-refractivity contribution in [1.82, 2.24) is 10.3 Å². The van der Waals surface area contributed by atoms with Gasteiger partial charge in [-0.1, -0.05) is 6.92 Å². The van der Waals surface area contributed by atoms with Gasteiger partial charge in [-0.05, 0) is 36.7 Å². The number of aromatic nitrogens is 1. The number of rotatable bonds is 5. The van der Waals surface area contributed by atoms with Crippen molar-refractivity contribution in [2.75, 3.05) is 6.54 Å². The minimum atomic E-state index is -0.417. The quantitative estimate of drug-likeness (QED) is 0.900. The first-order valence-electron chi connectivity index (χ1n) is 5.76. The highest BCUT2D eigenvalue weighted by atomic mass is 32.1. The second-order valence-corrected chi connectivity index (χ2v) is 4.68. The van der Waals surface area contributed by atoms with Crippen LogP contribution in [0, 0.1) is 11.6 Å². The molecule has 0 bridgehead atoms. The Bertz CT molecular complexity index is 500. The van der Waals surface area contributed by atoms with Gasteiger partial charge in [0.25, 0.3) is 0 Å². The van der Waals surface area contributed by atoms with Crippen molar-refractivity contribution in [3.8, 4) is 0 Å². The molecule has 2 rings (SSSR count). The third kappa shape index (κ3) is 3.11. The predicted molar refractivity (Wildman–Crippen MR) is 68.6 cm³/mol. The van der Waals surface area contributed by atoms with Crippen LogP contribution < -0.4 is 5.32 Å². The van der Waals surface area contributed by atoms with E-state index < -0.39 is 5.82 Å². The Morgan fingerprint density at radius 1 is 1.39 bits per heavy atom. The van der Waals surface area contributed by atoms with Crippen molar-refractivity contribution in [2.24, 2.45) is 0 Å². The molecule has 2 aromatic rings. The molecule has 0 radical (unpaired) electrons. The van der Waals surface area contributed by atoms with Gasteiger partial charge in [0.2, 0.25) is 0 Å². The number of nitrogens with zero attached hydrogens (tertiary/aromatic N) is 1. The van der Waals surface area contributed by atoms with Gasteiger partial charge >= 0.3 is 0 Å². The summed E-state index contributed by atoms with van der Waals surface area (Å²) in [6, 6.07) is 3.45. The summed E-state index contributed by atoms with van der Waals surface area (Å²) in [5.41, 5.74) is 2.97. The van der Waals surface area contributed by atoms with Crippen LogP contribution >= 0.6 is 11.3 Å². The van der Waals surface area contributed by atoms with Crippen LogP contribution in [0.25, 0.3) is 0 Å². The molecule has 1 aromatic heterocycles. The van der Waals surface area contributed by atoms with Gasteiger partial charge in [0.05, 0.1) is 17.2 Å². The van der Waals surface area contributed by atoms with Crippen molar-refractivity contribution in [3.05, 3.63) is 52.0 Å². The van der Waals surface area contributed by atoms with E-state index in [2.05, 4.69) is 10.3 Å². The van der Waals surface area contributed by atoms with Crippen molar-refractivity contribution in [1.29, 1.82) is 0 Å². The highest BCUT2D eigenvalue weighted by Gasteiger charge is 2.15. The van der Waals surface area contributed by atoms with Gasteiger partial charge in [-0.3, -0.25) is 0 Å². The highest BCUT2D eigenvalue weighted by Crippen LogP contribution is 2.20. The number of hydrogen-bond acceptors (Lipinski definition) is 3. The molecule has 1 unspecified atom stereocenters. The molecule has 0 saturated heterocycles. The van der Waals surface area contributed by atoms with Crippen LogP contribution in [0.15, 0.2) is 29.1 Å². The summed E-state index contributed by atoms with van der Waals surface area (Å²) in [6.45, 7) is 2.72. The van der Waals surface area contributed by atoms with Crippen LogP contribution in [0.5, 0.6) is 0 Å². The Hall–Kier alpha value is -1.33. The van der Waals surface area contributed by atoms with Gasteiger partial charge in [-0.15, -0.1) is 11.3 Å². The number of nitrogens with one attached hydrogen (secondary N) is 1. The SMILES string of the molecule is CCNC(Cc1cc(F)ccc1F)c1cscn1. The molecular weight excluding hydrogens is 254 g/mol. The van der Waals surface area contributed by atoms with E-state index in [1.165, 1.54) is 17.4 Å². The molecule has 2 nitrogen and oxygen atoms in total. The van der Waals surface area contributed by atoms with Crippen molar-refractivity contribution in [2.45, 2.75) is 19.4 Å². The van der Waals surface area contributed by atoms with Crippen LogP contribution in [0.2, 0.25) is 0 Å². The van der Waals surface area contributed by atoms with Gasteiger partial charge < -0.3 is 5.32 Å².